The third-order valence-electron chi connectivity index (χ3n) is 3.85. The van der Waals surface area contributed by atoms with Gasteiger partial charge in [0.05, 0.1) is 17.1 Å². The Labute approximate surface area is 129 Å². The molecular weight excluding hydrogens is 282 g/mol. The van der Waals surface area contributed by atoms with Crippen LogP contribution in [0.25, 0.3) is 11.0 Å². The van der Waals surface area contributed by atoms with Crippen LogP contribution in [-0.2, 0) is 6.42 Å². The van der Waals surface area contributed by atoms with Gasteiger partial charge in [-0.1, -0.05) is 36.7 Å². The van der Waals surface area contributed by atoms with E-state index >= 15 is 0 Å². The lowest BCUT2D eigenvalue weighted by molar-refractivity contribution is 0.623. The molecule has 0 bridgehead atoms. The summed E-state index contributed by atoms with van der Waals surface area (Å²) < 4.78 is 2.25. The number of aryl methyl sites for hydroxylation is 1. The van der Waals surface area contributed by atoms with E-state index in [1.807, 2.05) is 36.4 Å². The van der Waals surface area contributed by atoms with Crippen LogP contribution in [0.2, 0.25) is 5.02 Å². The summed E-state index contributed by atoms with van der Waals surface area (Å²) in [6, 6.07) is 14.0. The van der Waals surface area contributed by atoms with Crippen LogP contribution in [0.15, 0.2) is 42.5 Å². The van der Waals surface area contributed by atoms with Crippen molar-refractivity contribution in [2.24, 2.45) is 0 Å². The first-order valence-corrected chi connectivity index (χ1v) is 7.50. The van der Waals surface area contributed by atoms with Gasteiger partial charge in [-0.15, -0.1) is 0 Å². The Balaban J connectivity index is 2.21. The minimum absolute atomic E-state index is 0.127. The predicted octanol–water partition coefficient (Wildman–Crippen LogP) is 4.44. The van der Waals surface area contributed by atoms with Gasteiger partial charge >= 0.3 is 0 Å². The fourth-order valence-corrected chi connectivity index (χ4v) is 3.09. The topological polar surface area (TPSA) is 43.8 Å². The minimum Gasteiger partial charge on any atom is -0.399 e. The van der Waals surface area contributed by atoms with Crippen molar-refractivity contribution < 1.29 is 0 Å². The number of benzene rings is 2. The third-order valence-corrected chi connectivity index (χ3v) is 4.19. The van der Waals surface area contributed by atoms with E-state index in [0.717, 1.165) is 39.6 Å². The molecule has 1 aromatic heterocycles. The highest BCUT2D eigenvalue weighted by atomic mass is 35.5. The van der Waals surface area contributed by atoms with Crippen molar-refractivity contribution >= 4 is 28.3 Å². The fraction of sp³-hybridized carbons (Fsp3) is 0.235. The number of halogens is 1. The highest BCUT2D eigenvalue weighted by Crippen LogP contribution is 2.30. The lowest BCUT2D eigenvalue weighted by Gasteiger charge is -2.19. The number of nitrogen functional groups attached to an aromatic ring is 1. The maximum absolute atomic E-state index is 6.35. The molecule has 2 aromatic carbocycles. The molecule has 2 N–H and O–H groups in total. The quantitative estimate of drug-likeness (QED) is 0.726. The Kier molecular flexibility index (Phi) is 3.60. The fourth-order valence-electron chi connectivity index (χ4n) is 2.80. The van der Waals surface area contributed by atoms with Crippen molar-refractivity contribution in [2.45, 2.75) is 26.3 Å². The number of hydrogen-bond acceptors (Lipinski definition) is 2. The summed E-state index contributed by atoms with van der Waals surface area (Å²) in [4.78, 5) is 4.71. The molecule has 4 heteroatoms. The van der Waals surface area contributed by atoms with Gasteiger partial charge in [-0.25, -0.2) is 4.98 Å². The molecule has 3 rings (SSSR count). The zero-order valence-corrected chi connectivity index (χ0v) is 12.9. The second-order valence-corrected chi connectivity index (χ2v) is 5.60. The van der Waals surface area contributed by atoms with Crippen LogP contribution >= 0.6 is 11.6 Å². The first kappa shape index (κ1) is 14.0. The van der Waals surface area contributed by atoms with Crippen molar-refractivity contribution in [1.82, 2.24) is 9.55 Å². The molecule has 0 aliphatic carbocycles. The van der Waals surface area contributed by atoms with Gasteiger partial charge in [-0.2, -0.15) is 0 Å². The van der Waals surface area contributed by atoms with E-state index in [4.69, 9.17) is 22.3 Å². The summed E-state index contributed by atoms with van der Waals surface area (Å²) >= 11 is 6.35. The lowest BCUT2D eigenvalue weighted by atomic mass is 10.1. The van der Waals surface area contributed by atoms with Crippen molar-refractivity contribution in [3.05, 3.63) is 58.9 Å². The maximum atomic E-state index is 6.35. The molecule has 0 aliphatic heterocycles. The predicted molar refractivity (Wildman–Crippen MR) is 88.8 cm³/mol. The van der Waals surface area contributed by atoms with Crippen molar-refractivity contribution in [1.29, 1.82) is 0 Å². The number of nitrogens with two attached hydrogens (primary N) is 1. The van der Waals surface area contributed by atoms with Crippen LogP contribution < -0.4 is 5.73 Å². The van der Waals surface area contributed by atoms with Crippen molar-refractivity contribution in [3.63, 3.8) is 0 Å². The summed E-state index contributed by atoms with van der Waals surface area (Å²) in [7, 11) is 0. The van der Waals surface area contributed by atoms with Crippen molar-refractivity contribution in [2.75, 3.05) is 5.73 Å². The monoisotopic (exact) mass is 299 g/mol. The van der Waals surface area contributed by atoms with Crippen LogP contribution in [0.3, 0.4) is 0 Å². The normalized spacial score (nSPS) is 12.7. The summed E-state index contributed by atoms with van der Waals surface area (Å²) in [5, 5.41) is 0.782. The average Bonchev–Trinajstić information content (AvgIpc) is 2.84. The van der Waals surface area contributed by atoms with Gasteiger partial charge in [-0.05, 0) is 36.8 Å². The Morgan fingerprint density at radius 1 is 1.24 bits per heavy atom. The molecule has 3 nitrogen and oxygen atoms in total. The van der Waals surface area contributed by atoms with Crippen LogP contribution in [0, 0.1) is 0 Å². The summed E-state index contributed by atoms with van der Waals surface area (Å²) in [6.07, 6.45) is 0.864. The van der Waals surface area contributed by atoms with Crippen LogP contribution in [0.4, 0.5) is 5.69 Å². The molecule has 0 spiro atoms. The molecule has 21 heavy (non-hydrogen) atoms. The lowest BCUT2D eigenvalue weighted by Crippen LogP contribution is -2.10. The van der Waals surface area contributed by atoms with Crippen LogP contribution in [0.5, 0.6) is 0 Å². The molecular formula is C17H18ClN3. The van der Waals surface area contributed by atoms with E-state index in [1.54, 1.807) is 0 Å². The molecule has 1 atom stereocenters. The largest absolute Gasteiger partial charge is 0.399 e. The van der Waals surface area contributed by atoms with Gasteiger partial charge in [0, 0.05) is 17.1 Å². The third kappa shape index (κ3) is 2.38. The second-order valence-electron chi connectivity index (χ2n) is 5.20. The molecule has 0 amide bonds. The first-order valence-electron chi connectivity index (χ1n) is 7.12. The summed E-state index contributed by atoms with van der Waals surface area (Å²) in [5.41, 5.74) is 9.73. The number of aromatic nitrogens is 2. The van der Waals surface area contributed by atoms with E-state index < -0.39 is 0 Å². The van der Waals surface area contributed by atoms with Gasteiger partial charge in [0.25, 0.3) is 0 Å². The molecule has 3 aromatic rings. The molecule has 0 saturated heterocycles. The van der Waals surface area contributed by atoms with E-state index in [2.05, 4.69) is 24.5 Å². The summed E-state index contributed by atoms with van der Waals surface area (Å²) in [6.45, 7) is 4.26. The molecule has 1 unspecified atom stereocenters. The number of imidazole rings is 1. The number of rotatable bonds is 3. The standard InChI is InChI=1S/C17H18ClN3/c1-3-17-20-15-10-12(19)8-9-16(15)21(17)11(2)13-6-4-5-7-14(13)18/h4-11H,3,19H2,1-2H3. The Hall–Kier alpha value is -2.00. The Morgan fingerprint density at radius 2 is 2.00 bits per heavy atom. The highest BCUT2D eigenvalue weighted by molar-refractivity contribution is 6.31. The van der Waals surface area contributed by atoms with E-state index in [-0.39, 0.29) is 6.04 Å². The van der Waals surface area contributed by atoms with Gasteiger partial charge in [0.15, 0.2) is 0 Å². The smallest absolute Gasteiger partial charge is 0.110 e. The molecule has 0 aliphatic rings. The Bertz CT molecular complexity index is 792. The van der Waals surface area contributed by atoms with Gasteiger partial charge < -0.3 is 10.3 Å². The average molecular weight is 300 g/mol. The van der Waals surface area contributed by atoms with E-state index in [1.165, 1.54) is 0 Å². The molecule has 0 radical (unpaired) electrons. The number of fused-ring (bicyclic) bond motifs is 1. The van der Waals surface area contributed by atoms with E-state index in [0.29, 0.717) is 0 Å². The maximum Gasteiger partial charge on any atom is 0.110 e. The first-order chi connectivity index (χ1) is 10.1. The van der Waals surface area contributed by atoms with Gasteiger partial charge in [0.1, 0.15) is 5.82 Å². The second kappa shape index (κ2) is 5.41. The molecule has 108 valence electrons. The molecule has 1 heterocycles. The van der Waals surface area contributed by atoms with Gasteiger partial charge in [-0.3, -0.25) is 0 Å². The zero-order valence-electron chi connectivity index (χ0n) is 12.2. The Morgan fingerprint density at radius 3 is 2.71 bits per heavy atom. The highest BCUT2D eigenvalue weighted by Gasteiger charge is 2.18. The molecule has 0 fully saturated rings. The molecule has 0 saturated carbocycles. The number of hydrogen-bond donors (Lipinski definition) is 1. The zero-order chi connectivity index (χ0) is 15.0. The van der Waals surface area contributed by atoms with Crippen molar-refractivity contribution in [3.8, 4) is 0 Å². The van der Waals surface area contributed by atoms with Crippen LogP contribution in [-0.4, -0.2) is 9.55 Å². The minimum atomic E-state index is 0.127. The SMILES string of the molecule is CCc1nc2cc(N)ccc2n1C(C)c1ccccc1Cl. The van der Waals surface area contributed by atoms with Gasteiger partial charge in [0.2, 0.25) is 0 Å². The van der Waals surface area contributed by atoms with Crippen LogP contribution in [0.1, 0.15) is 31.3 Å². The van der Waals surface area contributed by atoms with E-state index in [9.17, 15) is 0 Å². The summed E-state index contributed by atoms with van der Waals surface area (Å²) in [5.74, 6) is 1.04. The number of anilines is 1. The number of nitrogens with zero attached hydrogens (tertiary/aromatic N) is 2.